The number of nitrogens with one attached hydrogen (secondary N) is 1. The van der Waals surface area contributed by atoms with E-state index in [1.54, 1.807) is 0 Å². The van der Waals surface area contributed by atoms with Gasteiger partial charge in [0.1, 0.15) is 0 Å². The minimum absolute atomic E-state index is 0.110. The van der Waals surface area contributed by atoms with Crippen LogP contribution in [0.3, 0.4) is 0 Å². The van der Waals surface area contributed by atoms with E-state index in [9.17, 15) is 5.11 Å². The Morgan fingerprint density at radius 2 is 2.10 bits per heavy atom. The first-order chi connectivity index (χ1) is 4.70. The van der Waals surface area contributed by atoms with Crippen LogP contribution in [0.5, 0.6) is 0 Å². The fourth-order valence-corrected chi connectivity index (χ4v) is 1.46. The molecule has 0 spiro atoms. The van der Waals surface area contributed by atoms with Crippen LogP contribution in [0.25, 0.3) is 0 Å². The van der Waals surface area contributed by atoms with Crippen molar-refractivity contribution < 1.29 is 5.11 Å². The third-order valence-electron chi connectivity index (χ3n) is 2.30. The van der Waals surface area contributed by atoms with Crippen LogP contribution >= 0.6 is 0 Å². The maximum Gasteiger partial charge on any atom is 0.0667 e. The molecule has 2 heteroatoms. The van der Waals surface area contributed by atoms with Crippen molar-refractivity contribution in [3.63, 3.8) is 0 Å². The highest BCUT2D eigenvalue weighted by molar-refractivity contribution is 4.76. The lowest BCUT2D eigenvalue weighted by Crippen LogP contribution is -2.41. The fourth-order valence-electron chi connectivity index (χ4n) is 1.46. The van der Waals surface area contributed by atoms with Crippen LogP contribution in [0.1, 0.15) is 20.3 Å². The number of hydrogen-bond donors (Lipinski definition) is 2. The quantitative estimate of drug-likeness (QED) is 0.564. The molecule has 0 aromatic heterocycles. The molecule has 0 aromatic carbocycles. The van der Waals surface area contributed by atoms with Crippen LogP contribution in [-0.4, -0.2) is 24.3 Å². The zero-order chi connectivity index (χ0) is 7.56. The summed E-state index contributed by atoms with van der Waals surface area (Å²) in [4.78, 5) is 0. The molecule has 0 aliphatic carbocycles. The second kappa shape index (κ2) is 3.35. The fraction of sp³-hybridized carbons (Fsp3) is 1.00. The van der Waals surface area contributed by atoms with E-state index < -0.39 is 0 Å². The predicted octanol–water partition coefficient (Wildman–Crippen LogP) is 0.613. The molecule has 1 rings (SSSR count). The number of β-amino-alcohol motifs (C(OH)–C–C–N with tert-alkyl or cyclic N) is 1. The molecule has 0 aromatic rings. The Hall–Kier alpha value is -0.0800. The maximum atomic E-state index is 9.27. The lowest BCUT2D eigenvalue weighted by atomic mass is 9.88. The molecular formula is C8H17NO. The summed E-state index contributed by atoms with van der Waals surface area (Å²) in [7, 11) is 0. The molecule has 1 fully saturated rings. The van der Waals surface area contributed by atoms with Gasteiger partial charge in [-0.1, -0.05) is 13.8 Å². The average molecular weight is 143 g/mol. The van der Waals surface area contributed by atoms with E-state index in [-0.39, 0.29) is 6.10 Å². The molecule has 0 saturated carbocycles. The van der Waals surface area contributed by atoms with Gasteiger partial charge in [-0.15, -0.1) is 0 Å². The second-order valence-corrected chi connectivity index (χ2v) is 3.55. The molecule has 2 N–H and O–H groups in total. The summed E-state index contributed by atoms with van der Waals surface area (Å²) in [6, 6.07) is 0. The topological polar surface area (TPSA) is 32.3 Å². The number of rotatable bonds is 1. The number of hydrogen-bond acceptors (Lipinski definition) is 2. The maximum absolute atomic E-state index is 9.27. The Kier molecular flexibility index (Phi) is 2.69. The van der Waals surface area contributed by atoms with Crippen molar-refractivity contribution in [1.82, 2.24) is 5.32 Å². The van der Waals surface area contributed by atoms with Gasteiger partial charge in [-0.3, -0.25) is 0 Å². The molecule has 0 radical (unpaired) electrons. The first-order valence-electron chi connectivity index (χ1n) is 4.09. The van der Waals surface area contributed by atoms with Gasteiger partial charge in [0.05, 0.1) is 6.10 Å². The highest BCUT2D eigenvalue weighted by Gasteiger charge is 2.21. The van der Waals surface area contributed by atoms with Crippen LogP contribution < -0.4 is 5.32 Å². The Balaban J connectivity index is 2.32. The molecule has 0 amide bonds. The summed E-state index contributed by atoms with van der Waals surface area (Å²) >= 11 is 0. The Morgan fingerprint density at radius 1 is 1.40 bits per heavy atom. The predicted molar refractivity (Wildman–Crippen MR) is 41.8 cm³/mol. The SMILES string of the molecule is CC(C)[C@H]1CNC[C@H](O)C1. The van der Waals surface area contributed by atoms with Gasteiger partial charge in [0, 0.05) is 6.54 Å². The van der Waals surface area contributed by atoms with E-state index in [0.717, 1.165) is 19.5 Å². The van der Waals surface area contributed by atoms with Crippen molar-refractivity contribution in [2.24, 2.45) is 11.8 Å². The zero-order valence-electron chi connectivity index (χ0n) is 6.80. The van der Waals surface area contributed by atoms with Gasteiger partial charge >= 0.3 is 0 Å². The molecule has 10 heavy (non-hydrogen) atoms. The van der Waals surface area contributed by atoms with Gasteiger partial charge in [-0.25, -0.2) is 0 Å². The largest absolute Gasteiger partial charge is 0.392 e. The summed E-state index contributed by atoms with van der Waals surface area (Å²) in [5, 5.41) is 12.5. The molecule has 0 bridgehead atoms. The van der Waals surface area contributed by atoms with Gasteiger partial charge in [-0.05, 0) is 24.8 Å². The lowest BCUT2D eigenvalue weighted by Gasteiger charge is -2.29. The summed E-state index contributed by atoms with van der Waals surface area (Å²) in [6.45, 7) is 6.28. The van der Waals surface area contributed by atoms with Gasteiger partial charge in [-0.2, -0.15) is 0 Å². The van der Waals surface area contributed by atoms with Crippen LogP contribution in [-0.2, 0) is 0 Å². The first kappa shape index (κ1) is 8.02. The monoisotopic (exact) mass is 143 g/mol. The number of piperidine rings is 1. The minimum Gasteiger partial charge on any atom is -0.392 e. The minimum atomic E-state index is -0.110. The highest BCUT2D eigenvalue weighted by atomic mass is 16.3. The molecule has 1 aliphatic rings. The van der Waals surface area contributed by atoms with Crippen LogP contribution in [0, 0.1) is 11.8 Å². The van der Waals surface area contributed by atoms with Crippen molar-refractivity contribution >= 4 is 0 Å². The number of aliphatic hydroxyl groups is 1. The van der Waals surface area contributed by atoms with E-state index in [4.69, 9.17) is 0 Å². The Morgan fingerprint density at radius 3 is 2.50 bits per heavy atom. The standard InChI is InChI=1S/C8H17NO/c1-6(2)7-3-8(10)5-9-4-7/h6-10H,3-5H2,1-2H3/t7-,8-/m1/s1. The second-order valence-electron chi connectivity index (χ2n) is 3.55. The Bertz CT molecular complexity index is 103. The smallest absolute Gasteiger partial charge is 0.0667 e. The van der Waals surface area contributed by atoms with E-state index >= 15 is 0 Å². The molecule has 1 saturated heterocycles. The molecule has 1 aliphatic heterocycles. The van der Waals surface area contributed by atoms with Crippen LogP contribution in [0.4, 0.5) is 0 Å². The van der Waals surface area contributed by atoms with Gasteiger partial charge in [0.15, 0.2) is 0 Å². The highest BCUT2D eigenvalue weighted by Crippen LogP contribution is 2.18. The summed E-state index contributed by atoms with van der Waals surface area (Å²) in [6.07, 6.45) is 0.867. The summed E-state index contributed by atoms with van der Waals surface area (Å²) in [5.74, 6) is 1.37. The van der Waals surface area contributed by atoms with Crippen molar-refractivity contribution in [3.8, 4) is 0 Å². The lowest BCUT2D eigenvalue weighted by molar-refractivity contribution is 0.0990. The molecule has 0 unspecified atom stereocenters. The average Bonchev–Trinajstić information content (AvgIpc) is 1.88. The van der Waals surface area contributed by atoms with E-state index in [0.29, 0.717) is 11.8 Å². The van der Waals surface area contributed by atoms with Crippen molar-refractivity contribution in [2.45, 2.75) is 26.4 Å². The van der Waals surface area contributed by atoms with Crippen molar-refractivity contribution in [2.75, 3.05) is 13.1 Å². The van der Waals surface area contributed by atoms with Crippen molar-refractivity contribution in [1.29, 1.82) is 0 Å². The summed E-state index contributed by atoms with van der Waals surface area (Å²) in [5.41, 5.74) is 0. The van der Waals surface area contributed by atoms with Crippen LogP contribution in [0.2, 0.25) is 0 Å². The first-order valence-corrected chi connectivity index (χ1v) is 4.09. The Labute approximate surface area is 62.6 Å². The van der Waals surface area contributed by atoms with E-state index in [2.05, 4.69) is 19.2 Å². The summed E-state index contributed by atoms with van der Waals surface area (Å²) < 4.78 is 0. The number of aliphatic hydroxyl groups excluding tert-OH is 1. The third kappa shape index (κ3) is 1.96. The molecule has 1 heterocycles. The van der Waals surface area contributed by atoms with Crippen LogP contribution in [0.15, 0.2) is 0 Å². The third-order valence-corrected chi connectivity index (χ3v) is 2.30. The molecule has 60 valence electrons. The zero-order valence-corrected chi connectivity index (χ0v) is 6.80. The molecule has 2 atom stereocenters. The van der Waals surface area contributed by atoms with E-state index in [1.807, 2.05) is 0 Å². The molecular weight excluding hydrogens is 126 g/mol. The van der Waals surface area contributed by atoms with Gasteiger partial charge in [0.25, 0.3) is 0 Å². The molecule has 2 nitrogen and oxygen atoms in total. The van der Waals surface area contributed by atoms with E-state index in [1.165, 1.54) is 0 Å². The van der Waals surface area contributed by atoms with Gasteiger partial charge < -0.3 is 10.4 Å². The van der Waals surface area contributed by atoms with Gasteiger partial charge in [0.2, 0.25) is 0 Å². The van der Waals surface area contributed by atoms with Crippen molar-refractivity contribution in [3.05, 3.63) is 0 Å². The normalized spacial score (nSPS) is 34.8.